The van der Waals surface area contributed by atoms with Crippen LogP contribution in [0.3, 0.4) is 0 Å². The SMILES string of the molecule is Cc1nnc2sc(-c3ccc(CNC(=S)NC(=O)c4ccc(Cl)cc4)cc3)nn12. The van der Waals surface area contributed by atoms with E-state index >= 15 is 0 Å². The van der Waals surface area contributed by atoms with Gasteiger partial charge in [0.15, 0.2) is 10.9 Å². The predicted molar refractivity (Wildman–Crippen MR) is 117 cm³/mol. The molecule has 0 bridgehead atoms. The van der Waals surface area contributed by atoms with E-state index in [1.54, 1.807) is 28.8 Å². The van der Waals surface area contributed by atoms with Crippen molar-refractivity contribution in [3.05, 3.63) is 70.5 Å². The van der Waals surface area contributed by atoms with Crippen LogP contribution in [0.4, 0.5) is 0 Å². The minimum atomic E-state index is -0.284. The number of thiocarbonyl (C=S) groups is 1. The zero-order valence-corrected chi connectivity index (χ0v) is 17.6. The number of carbonyl (C=O) groups excluding carboxylic acids is 1. The number of halogens is 1. The fourth-order valence-electron chi connectivity index (χ4n) is 2.60. The average molecular weight is 443 g/mol. The van der Waals surface area contributed by atoms with Crippen molar-refractivity contribution in [1.82, 2.24) is 30.4 Å². The normalized spacial score (nSPS) is 10.8. The van der Waals surface area contributed by atoms with Crippen LogP contribution in [0.5, 0.6) is 0 Å². The Morgan fingerprint density at radius 2 is 1.86 bits per heavy atom. The average Bonchev–Trinajstić information content (AvgIpc) is 3.29. The van der Waals surface area contributed by atoms with Gasteiger partial charge >= 0.3 is 0 Å². The van der Waals surface area contributed by atoms with Gasteiger partial charge in [0, 0.05) is 22.7 Å². The molecule has 0 aliphatic carbocycles. The Balaban J connectivity index is 1.34. The highest BCUT2D eigenvalue weighted by Crippen LogP contribution is 2.25. The number of hydrogen-bond donors (Lipinski definition) is 2. The molecule has 0 saturated heterocycles. The smallest absolute Gasteiger partial charge is 0.257 e. The second-order valence-corrected chi connectivity index (χ2v) is 7.99. The quantitative estimate of drug-likeness (QED) is 0.469. The van der Waals surface area contributed by atoms with Crippen molar-refractivity contribution in [1.29, 1.82) is 0 Å². The van der Waals surface area contributed by atoms with Crippen LogP contribution in [0.2, 0.25) is 5.02 Å². The fourth-order valence-corrected chi connectivity index (χ4v) is 3.78. The third-order valence-corrected chi connectivity index (χ3v) is 5.58. The summed E-state index contributed by atoms with van der Waals surface area (Å²) in [7, 11) is 0. The molecule has 0 radical (unpaired) electrons. The van der Waals surface area contributed by atoms with Gasteiger partial charge in [0.2, 0.25) is 4.96 Å². The van der Waals surface area contributed by atoms with Gasteiger partial charge in [-0.1, -0.05) is 47.2 Å². The molecule has 146 valence electrons. The lowest BCUT2D eigenvalue weighted by Gasteiger charge is -2.10. The second kappa shape index (κ2) is 8.24. The zero-order valence-electron chi connectivity index (χ0n) is 15.2. The van der Waals surface area contributed by atoms with Crippen LogP contribution < -0.4 is 10.6 Å². The topological polar surface area (TPSA) is 84.2 Å². The van der Waals surface area contributed by atoms with Crippen molar-refractivity contribution in [2.75, 3.05) is 0 Å². The molecule has 2 aromatic carbocycles. The molecular weight excluding hydrogens is 428 g/mol. The first kappa shape index (κ1) is 19.4. The maximum Gasteiger partial charge on any atom is 0.257 e. The fraction of sp³-hybridized carbons (Fsp3) is 0.105. The van der Waals surface area contributed by atoms with Crippen LogP contribution >= 0.6 is 35.2 Å². The minimum Gasteiger partial charge on any atom is -0.358 e. The van der Waals surface area contributed by atoms with E-state index in [1.165, 1.54) is 11.3 Å². The van der Waals surface area contributed by atoms with Crippen molar-refractivity contribution < 1.29 is 4.79 Å². The van der Waals surface area contributed by atoms with Crippen LogP contribution in [-0.4, -0.2) is 30.8 Å². The van der Waals surface area contributed by atoms with Gasteiger partial charge in [0.05, 0.1) is 0 Å². The monoisotopic (exact) mass is 442 g/mol. The molecule has 10 heteroatoms. The highest BCUT2D eigenvalue weighted by Gasteiger charge is 2.11. The Labute approximate surface area is 180 Å². The van der Waals surface area contributed by atoms with Gasteiger partial charge in [0.25, 0.3) is 5.91 Å². The highest BCUT2D eigenvalue weighted by molar-refractivity contribution is 7.80. The van der Waals surface area contributed by atoms with Gasteiger partial charge in [-0.05, 0) is 49.0 Å². The van der Waals surface area contributed by atoms with Crippen molar-refractivity contribution in [3.63, 3.8) is 0 Å². The molecule has 0 saturated carbocycles. The number of nitrogens with one attached hydrogen (secondary N) is 2. The Morgan fingerprint density at radius 3 is 2.55 bits per heavy atom. The maximum atomic E-state index is 12.2. The van der Waals surface area contributed by atoms with Gasteiger partial charge in [-0.25, -0.2) is 0 Å². The number of nitrogens with zero attached hydrogens (tertiary/aromatic N) is 4. The van der Waals surface area contributed by atoms with Gasteiger partial charge in [-0.2, -0.15) is 9.61 Å². The molecule has 2 heterocycles. The third kappa shape index (κ3) is 4.42. The van der Waals surface area contributed by atoms with E-state index in [-0.39, 0.29) is 11.0 Å². The van der Waals surface area contributed by atoms with Crippen LogP contribution in [0.15, 0.2) is 48.5 Å². The van der Waals surface area contributed by atoms with Gasteiger partial charge < -0.3 is 5.32 Å². The summed E-state index contributed by atoms with van der Waals surface area (Å²) >= 11 is 12.5. The molecule has 29 heavy (non-hydrogen) atoms. The number of amides is 1. The zero-order chi connectivity index (χ0) is 20.4. The first-order chi connectivity index (χ1) is 14.0. The Morgan fingerprint density at radius 1 is 1.14 bits per heavy atom. The first-order valence-corrected chi connectivity index (χ1v) is 10.2. The molecule has 0 aliphatic rings. The summed E-state index contributed by atoms with van der Waals surface area (Å²) in [6.07, 6.45) is 0. The Kier molecular flexibility index (Phi) is 5.52. The number of aromatic nitrogens is 4. The summed E-state index contributed by atoms with van der Waals surface area (Å²) in [4.78, 5) is 12.9. The van der Waals surface area contributed by atoms with E-state index in [9.17, 15) is 4.79 Å². The molecule has 1 amide bonds. The van der Waals surface area contributed by atoms with E-state index in [0.29, 0.717) is 17.1 Å². The summed E-state index contributed by atoms with van der Waals surface area (Å²) in [5, 5.41) is 20.0. The van der Waals surface area contributed by atoms with E-state index in [4.69, 9.17) is 23.8 Å². The lowest BCUT2D eigenvalue weighted by Crippen LogP contribution is -2.38. The molecular formula is C19H15ClN6OS2. The van der Waals surface area contributed by atoms with Crippen molar-refractivity contribution in [2.24, 2.45) is 0 Å². The predicted octanol–water partition coefficient (Wildman–Crippen LogP) is 3.62. The number of hydrogen-bond acceptors (Lipinski definition) is 6. The number of fused-ring (bicyclic) bond motifs is 1. The molecule has 0 spiro atoms. The molecule has 7 nitrogen and oxygen atoms in total. The summed E-state index contributed by atoms with van der Waals surface area (Å²) in [6.45, 7) is 2.36. The molecule has 2 aromatic heterocycles. The molecule has 2 N–H and O–H groups in total. The summed E-state index contributed by atoms with van der Waals surface area (Å²) in [5.74, 6) is 0.477. The van der Waals surface area contributed by atoms with E-state index < -0.39 is 0 Å². The molecule has 0 fully saturated rings. The van der Waals surface area contributed by atoms with E-state index in [2.05, 4.69) is 25.9 Å². The summed E-state index contributed by atoms with van der Waals surface area (Å²) in [6, 6.07) is 14.6. The lowest BCUT2D eigenvalue weighted by atomic mass is 10.1. The standard InChI is InChI=1S/C19H15ClN6OS2/c1-11-23-24-19-26(11)25-17(29-19)14-4-2-12(3-5-14)10-21-18(28)22-16(27)13-6-8-15(20)9-7-13/h2-9H,10H2,1H3,(H2,21,22,27,28). The van der Waals surface area contributed by atoms with E-state index in [1.807, 2.05) is 31.2 Å². The Bertz CT molecular complexity index is 1180. The van der Waals surface area contributed by atoms with Crippen molar-refractivity contribution >= 4 is 51.1 Å². The molecule has 4 aromatic rings. The van der Waals surface area contributed by atoms with Crippen LogP contribution in [0, 0.1) is 6.92 Å². The van der Waals surface area contributed by atoms with Crippen molar-refractivity contribution in [2.45, 2.75) is 13.5 Å². The third-order valence-electron chi connectivity index (χ3n) is 4.13. The number of benzene rings is 2. The molecule has 4 rings (SSSR count). The minimum absolute atomic E-state index is 0.262. The maximum absolute atomic E-state index is 12.2. The number of aryl methyl sites for hydroxylation is 1. The van der Waals surface area contributed by atoms with E-state index in [0.717, 1.165) is 26.9 Å². The van der Waals surface area contributed by atoms with Crippen molar-refractivity contribution in [3.8, 4) is 10.6 Å². The highest BCUT2D eigenvalue weighted by atomic mass is 35.5. The van der Waals surface area contributed by atoms with Crippen LogP contribution in [0.1, 0.15) is 21.7 Å². The molecule has 0 aliphatic heterocycles. The lowest BCUT2D eigenvalue weighted by molar-refractivity contribution is 0.0976. The number of rotatable bonds is 4. The van der Waals surface area contributed by atoms with Crippen LogP contribution in [-0.2, 0) is 6.54 Å². The van der Waals surface area contributed by atoms with Crippen LogP contribution in [0.25, 0.3) is 15.5 Å². The summed E-state index contributed by atoms with van der Waals surface area (Å²) < 4.78 is 1.73. The Hall–Kier alpha value is -2.88. The van der Waals surface area contributed by atoms with Gasteiger partial charge in [0.1, 0.15) is 5.01 Å². The molecule has 0 unspecified atom stereocenters. The first-order valence-electron chi connectivity index (χ1n) is 8.62. The van der Waals surface area contributed by atoms with Gasteiger partial charge in [-0.3, -0.25) is 10.1 Å². The summed E-state index contributed by atoms with van der Waals surface area (Å²) in [5.41, 5.74) is 2.52. The number of carbonyl (C=O) groups is 1. The second-order valence-electron chi connectivity index (χ2n) is 6.19. The molecule has 0 atom stereocenters. The largest absolute Gasteiger partial charge is 0.358 e. The van der Waals surface area contributed by atoms with Gasteiger partial charge in [-0.15, -0.1) is 10.2 Å².